The number of aliphatic imine (C=N–C) groups is 2. The molecule has 0 spiro atoms. The molecule has 1 aromatic rings. The Kier molecular flexibility index (Phi) is 3.85. The van der Waals surface area contributed by atoms with Crippen LogP contribution in [0.2, 0.25) is 0 Å². The maximum atomic E-state index is 5.16. The van der Waals surface area contributed by atoms with Crippen molar-refractivity contribution in [2.45, 2.75) is 0 Å². The highest BCUT2D eigenvalue weighted by atomic mass is 16.5. The molecule has 3 heteroatoms. The third kappa shape index (κ3) is 2.69. The fourth-order valence-electron chi connectivity index (χ4n) is 1.21. The molecular formula is C11H14N2O. The van der Waals surface area contributed by atoms with Crippen molar-refractivity contribution in [3.63, 3.8) is 0 Å². The van der Waals surface area contributed by atoms with Crippen LogP contribution in [0.1, 0.15) is 11.1 Å². The first-order chi connectivity index (χ1) is 6.80. The zero-order valence-corrected chi connectivity index (χ0v) is 8.69. The van der Waals surface area contributed by atoms with E-state index in [2.05, 4.69) is 9.98 Å². The van der Waals surface area contributed by atoms with Gasteiger partial charge in [0.05, 0.1) is 7.11 Å². The van der Waals surface area contributed by atoms with E-state index < -0.39 is 0 Å². The molecule has 3 nitrogen and oxygen atoms in total. The van der Waals surface area contributed by atoms with Crippen molar-refractivity contribution >= 4 is 12.4 Å². The van der Waals surface area contributed by atoms with Gasteiger partial charge in [0.15, 0.2) is 0 Å². The second-order valence-electron chi connectivity index (χ2n) is 2.81. The number of methoxy groups -OCH3 is 1. The van der Waals surface area contributed by atoms with E-state index in [1.165, 1.54) is 0 Å². The molecule has 0 heterocycles. The second-order valence-corrected chi connectivity index (χ2v) is 2.81. The van der Waals surface area contributed by atoms with Crippen LogP contribution in [0.25, 0.3) is 0 Å². The summed E-state index contributed by atoms with van der Waals surface area (Å²) in [6.07, 6.45) is 3.57. The third-order valence-corrected chi connectivity index (χ3v) is 1.74. The Bertz CT molecular complexity index is 326. The molecule has 1 aromatic carbocycles. The lowest BCUT2D eigenvalue weighted by Gasteiger charge is -2.02. The SMILES string of the molecule is CN=Cc1cc(C=NC)cc(OC)c1. The van der Waals surface area contributed by atoms with E-state index in [0.717, 1.165) is 16.9 Å². The number of hydrogen-bond donors (Lipinski definition) is 0. The van der Waals surface area contributed by atoms with Crippen LogP contribution < -0.4 is 4.74 Å². The van der Waals surface area contributed by atoms with Gasteiger partial charge in [0.1, 0.15) is 5.75 Å². The van der Waals surface area contributed by atoms with Crippen LogP contribution in [-0.2, 0) is 0 Å². The molecule has 0 saturated heterocycles. The van der Waals surface area contributed by atoms with Gasteiger partial charge in [0, 0.05) is 26.5 Å². The molecule has 1 rings (SSSR count). The molecule has 0 aliphatic heterocycles. The number of ether oxygens (including phenoxy) is 1. The molecule has 74 valence electrons. The predicted octanol–water partition coefficient (Wildman–Crippen LogP) is 1.79. The Morgan fingerprint density at radius 1 is 1.00 bits per heavy atom. The first-order valence-electron chi connectivity index (χ1n) is 4.33. The van der Waals surface area contributed by atoms with Crippen molar-refractivity contribution in [1.29, 1.82) is 0 Å². The van der Waals surface area contributed by atoms with Crippen LogP contribution in [-0.4, -0.2) is 33.6 Å². The maximum absolute atomic E-state index is 5.16. The van der Waals surface area contributed by atoms with Gasteiger partial charge in [-0.1, -0.05) is 0 Å². The molecule has 0 fully saturated rings. The minimum Gasteiger partial charge on any atom is -0.497 e. The molecule has 0 saturated carbocycles. The maximum Gasteiger partial charge on any atom is 0.120 e. The quantitative estimate of drug-likeness (QED) is 0.669. The first kappa shape index (κ1) is 10.4. The summed E-state index contributed by atoms with van der Waals surface area (Å²) in [6.45, 7) is 0. The highest BCUT2D eigenvalue weighted by Crippen LogP contribution is 2.14. The minimum absolute atomic E-state index is 0.817. The van der Waals surface area contributed by atoms with Crippen molar-refractivity contribution in [2.75, 3.05) is 21.2 Å². The zero-order valence-electron chi connectivity index (χ0n) is 8.69. The predicted molar refractivity (Wildman–Crippen MR) is 60.0 cm³/mol. The van der Waals surface area contributed by atoms with Crippen LogP contribution in [0.15, 0.2) is 28.2 Å². The van der Waals surface area contributed by atoms with Gasteiger partial charge in [-0.05, 0) is 29.3 Å². The summed E-state index contributed by atoms with van der Waals surface area (Å²) >= 11 is 0. The highest BCUT2D eigenvalue weighted by molar-refractivity contribution is 5.87. The molecule has 0 unspecified atom stereocenters. The van der Waals surface area contributed by atoms with Gasteiger partial charge in [-0.15, -0.1) is 0 Å². The van der Waals surface area contributed by atoms with Crippen molar-refractivity contribution in [1.82, 2.24) is 0 Å². The lowest BCUT2D eigenvalue weighted by molar-refractivity contribution is 0.414. The number of hydrogen-bond acceptors (Lipinski definition) is 3. The van der Waals surface area contributed by atoms with Crippen LogP contribution in [0.5, 0.6) is 5.75 Å². The Morgan fingerprint density at radius 3 is 1.86 bits per heavy atom. The summed E-state index contributed by atoms with van der Waals surface area (Å²) < 4.78 is 5.16. The van der Waals surface area contributed by atoms with Crippen LogP contribution in [0.4, 0.5) is 0 Å². The summed E-state index contributed by atoms with van der Waals surface area (Å²) in [7, 11) is 5.13. The molecule has 14 heavy (non-hydrogen) atoms. The molecule has 0 N–H and O–H groups in total. The van der Waals surface area contributed by atoms with Gasteiger partial charge in [-0.2, -0.15) is 0 Å². The molecule has 0 radical (unpaired) electrons. The summed E-state index contributed by atoms with van der Waals surface area (Å²) in [5, 5.41) is 0. The van der Waals surface area contributed by atoms with E-state index in [-0.39, 0.29) is 0 Å². The van der Waals surface area contributed by atoms with Crippen molar-refractivity contribution in [3.05, 3.63) is 29.3 Å². The Morgan fingerprint density at radius 2 is 1.50 bits per heavy atom. The molecular weight excluding hydrogens is 176 g/mol. The van der Waals surface area contributed by atoms with Gasteiger partial charge in [-0.25, -0.2) is 0 Å². The second kappa shape index (κ2) is 5.17. The fourth-order valence-corrected chi connectivity index (χ4v) is 1.21. The Balaban J connectivity index is 3.12. The molecule has 0 aromatic heterocycles. The van der Waals surface area contributed by atoms with Crippen LogP contribution in [0.3, 0.4) is 0 Å². The number of rotatable bonds is 3. The van der Waals surface area contributed by atoms with Gasteiger partial charge in [-0.3, -0.25) is 9.98 Å². The highest BCUT2D eigenvalue weighted by Gasteiger charge is 1.97. The summed E-state index contributed by atoms with van der Waals surface area (Å²) in [5.74, 6) is 0.817. The van der Waals surface area contributed by atoms with E-state index in [9.17, 15) is 0 Å². The van der Waals surface area contributed by atoms with E-state index in [0.29, 0.717) is 0 Å². The lowest BCUT2D eigenvalue weighted by Crippen LogP contribution is -1.90. The van der Waals surface area contributed by atoms with Crippen LogP contribution in [0, 0.1) is 0 Å². The van der Waals surface area contributed by atoms with Crippen molar-refractivity contribution < 1.29 is 4.74 Å². The van der Waals surface area contributed by atoms with E-state index >= 15 is 0 Å². The average molecular weight is 190 g/mol. The minimum atomic E-state index is 0.817. The number of benzene rings is 1. The molecule has 0 aliphatic rings. The molecule has 0 aliphatic carbocycles. The Hall–Kier alpha value is -1.64. The average Bonchev–Trinajstić information content (AvgIpc) is 2.18. The summed E-state index contributed by atoms with van der Waals surface area (Å²) in [6, 6.07) is 5.86. The molecule has 0 bridgehead atoms. The Labute approximate surface area is 84.2 Å². The lowest BCUT2D eigenvalue weighted by atomic mass is 10.1. The standard InChI is InChI=1S/C11H14N2O/c1-12-7-9-4-10(8-13-2)6-11(5-9)14-3/h4-8H,1-3H3. The van der Waals surface area contributed by atoms with E-state index in [1.54, 1.807) is 33.6 Å². The van der Waals surface area contributed by atoms with E-state index in [4.69, 9.17) is 4.74 Å². The van der Waals surface area contributed by atoms with Gasteiger partial charge in [0.25, 0.3) is 0 Å². The largest absolute Gasteiger partial charge is 0.497 e. The van der Waals surface area contributed by atoms with Gasteiger partial charge < -0.3 is 4.74 Å². The topological polar surface area (TPSA) is 34.0 Å². The smallest absolute Gasteiger partial charge is 0.120 e. The monoisotopic (exact) mass is 190 g/mol. The van der Waals surface area contributed by atoms with Gasteiger partial charge >= 0.3 is 0 Å². The van der Waals surface area contributed by atoms with Crippen LogP contribution >= 0.6 is 0 Å². The first-order valence-corrected chi connectivity index (χ1v) is 4.33. The van der Waals surface area contributed by atoms with E-state index in [1.807, 2.05) is 18.2 Å². The molecule has 0 amide bonds. The van der Waals surface area contributed by atoms with Crippen molar-refractivity contribution in [3.8, 4) is 5.75 Å². The summed E-state index contributed by atoms with van der Waals surface area (Å²) in [5.41, 5.74) is 2.03. The normalized spacial score (nSPS) is 11.4. The third-order valence-electron chi connectivity index (χ3n) is 1.74. The molecule has 0 atom stereocenters. The number of nitrogens with zero attached hydrogens (tertiary/aromatic N) is 2. The van der Waals surface area contributed by atoms with Crippen molar-refractivity contribution in [2.24, 2.45) is 9.98 Å². The fraction of sp³-hybridized carbons (Fsp3) is 0.273. The summed E-state index contributed by atoms with van der Waals surface area (Å²) in [4.78, 5) is 7.92. The zero-order chi connectivity index (χ0) is 10.4. The van der Waals surface area contributed by atoms with Gasteiger partial charge in [0.2, 0.25) is 0 Å².